The second-order valence-electron chi connectivity index (χ2n) is 5.88. The molecule has 0 spiro atoms. The molecular formula is C14H25F3N4. The molecule has 0 amide bonds. The molecule has 1 unspecified atom stereocenters. The van der Waals surface area contributed by atoms with Gasteiger partial charge in [0.1, 0.15) is 5.54 Å². The van der Waals surface area contributed by atoms with E-state index in [2.05, 4.69) is 16.3 Å². The van der Waals surface area contributed by atoms with E-state index in [1.54, 1.807) is 7.05 Å². The number of piperazine rings is 1. The Morgan fingerprint density at radius 1 is 1.10 bits per heavy atom. The molecule has 1 fully saturated rings. The standard InChI is InChI=1S/C14H25F3N4/c1-13(11-18,19-2)5-3-4-6-20-7-9-21(10-8-20)12-14(15,16)17/h19H,3-10,12H2,1-2H3. The smallest absolute Gasteiger partial charge is 0.303 e. The van der Waals surface area contributed by atoms with Crippen molar-refractivity contribution in [2.45, 2.75) is 37.9 Å². The third-order valence-electron chi connectivity index (χ3n) is 4.07. The van der Waals surface area contributed by atoms with E-state index in [1.165, 1.54) is 4.90 Å². The number of hydrogen-bond acceptors (Lipinski definition) is 4. The van der Waals surface area contributed by atoms with Crippen molar-refractivity contribution in [1.82, 2.24) is 15.1 Å². The third-order valence-corrected chi connectivity index (χ3v) is 4.07. The van der Waals surface area contributed by atoms with Crippen molar-refractivity contribution in [2.75, 3.05) is 46.3 Å². The summed E-state index contributed by atoms with van der Waals surface area (Å²) in [5.41, 5.74) is -0.481. The molecule has 1 atom stereocenters. The van der Waals surface area contributed by atoms with Crippen molar-refractivity contribution in [3.8, 4) is 6.07 Å². The van der Waals surface area contributed by atoms with Gasteiger partial charge in [0.25, 0.3) is 0 Å². The Kier molecular flexibility index (Phi) is 6.91. The van der Waals surface area contributed by atoms with Crippen LogP contribution in [0.3, 0.4) is 0 Å². The van der Waals surface area contributed by atoms with Crippen LogP contribution in [0.15, 0.2) is 0 Å². The fraction of sp³-hybridized carbons (Fsp3) is 0.929. The van der Waals surface area contributed by atoms with Crippen molar-refractivity contribution >= 4 is 0 Å². The molecule has 1 heterocycles. The minimum Gasteiger partial charge on any atom is -0.303 e. The zero-order valence-electron chi connectivity index (χ0n) is 12.8. The number of nitrogens with zero attached hydrogens (tertiary/aromatic N) is 3. The van der Waals surface area contributed by atoms with Gasteiger partial charge in [0.2, 0.25) is 0 Å². The van der Waals surface area contributed by atoms with Crippen molar-refractivity contribution in [3.63, 3.8) is 0 Å². The van der Waals surface area contributed by atoms with E-state index in [1.807, 2.05) is 6.92 Å². The van der Waals surface area contributed by atoms with Gasteiger partial charge in [0.05, 0.1) is 12.6 Å². The summed E-state index contributed by atoms with van der Waals surface area (Å²) < 4.78 is 36.8. The molecule has 1 aliphatic heterocycles. The SMILES string of the molecule is CNC(C)(C#N)CCCCN1CCN(CC(F)(F)F)CC1. The molecule has 0 aromatic carbocycles. The molecule has 0 saturated carbocycles. The summed E-state index contributed by atoms with van der Waals surface area (Å²) in [5, 5.41) is 12.0. The summed E-state index contributed by atoms with van der Waals surface area (Å²) in [6, 6.07) is 2.26. The highest BCUT2D eigenvalue weighted by molar-refractivity contribution is 5.02. The Hall–Kier alpha value is -0.840. The average Bonchev–Trinajstić information content (AvgIpc) is 2.43. The number of hydrogen-bond donors (Lipinski definition) is 1. The van der Waals surface area contributed by atoms with Gasteiger partial charge >= 0.3 is 6.18 Å². The van der Waals surface area contributed by atoms with Crippen molar-refractivity contribution < 1.29 is 13.2 Å². The summed E-state index contributed by atoms with van der Waals surface area (Å²) in [5.74, 6) is 0. The molecule has 1 N–H and O–H groups in total. The molecule has 7 heteroatoms. The van der Waals surface area contributed by atoms with Crippen LogP contribution in [-0.2, 0) is 0 Å². The maximum absolute atomic E-state index is 12.3. The first-order valence-corrected chi connectivity index (χ1v) is 7.40. The highest BCUT2D eigenvalue weighted by Crippen LogP contribution is 2.18. The zero-order valence-corrected chi connectivity index (χ0v) is 12.8. The lowest BCUT2D eigenvalue weighted by Gasteiger charge is -2.35. The first-order valence-electron chi connectivity index (χ1n) is 7.40. The topological polar surface area (TPSA) is 42.3 Å². The van der Waals surface area contributed by atoms with Crippen molar-refractivity contribution in [3.05, 3.63) is 0 Å². The Morgan fingerprint density at radius 3 is 2.14 bits per heavy atom. The number of nitrogens with one attached hydrogen (secondary N) is 1. The van der Waals surface area contributed by atoms with Crippen molar-refractivity contribution in [1.29, 1.82) is 5.26 Å². The molecule has 0 aliphatic carbocycles. The molecule has 1 rings (SSSR count). The fourth-order valence-electron chi connectivity index (χ4n) is 2.48. The normalized spacial score (nSPS) is 21.0. The molecule has 0 bridgehead atoms. The minimum absolute atomic E-state index is 0.478. The summed E-state index contributed by atoms with van der Waals surface area (Å²) in [6.45, 7) is 4.31. The highest BCUT2D eigenvalue weighted by atomic mass is 19.4. The van der Waals surface area contributed by atoms with Gasteiger partial charge in [-0.1, -0.05) is 0 Å². The number of unbranched alkanes of at least 4 members (excludes halogenated alkanes) is 1. The molecular weight excluding hydrogens is 281 g/mol. The Labute approximate surface area is 124 Å². The van der Waals surface area contributed by atoms with Gasteiger partial charge in [-0.25, -0.2) is 0 Å². The second-order valence-corrected chi connectivity index (χ2v) is 5.88. The summed E-state index contributed by atoms with van der Waals surface area (Å²) >= 11 is 0. The predicted octanol–water partition coefficient (Wildman–Crippen LogP) is 1.84. The van der Waals surface area contributed by atoms with E-state index in [4.69, 9.17) is 5.26 Å². The minimum atomic E-state index is -4.10. The first kappa shape index (κ1) is 18.2. The van der Waals surface area contributed by atoms with Crippen LogP contribution in [0.25, 0.3) is 0 Å². The molecule has 1 aliphatic rings. The van der Waals surface area contributed by atoms with Crippen molar-refractivity contribution in [2.24, 2.45) is 0 Å². The van der Waals surface area contributed by atoms with Gasteiger partial charge in [-0.05, 0) is 39.8 Å². The van der Waals surface area contributed by atoms with Gasteiger partial charge in [-0.15, -0.1) is 0 Å². The molecule has 1 saturated heterocycles. The number of halogens is 3. The molecule has 0 aromatic rings. The summed E-state index contributed by atoms with van der Waals surface area (Å²) in [4.78, 5) is 3.67. The maximum Gasteiger partial charge on any atom is 0.401 e. The summed E-state index contributed by atoms with van der Waals surface area (Å²) in [6.07, 6.45) is -1.41. The van der Waals surface area contributed by atoms with Crippen LogP contribution in [0, 0.1) is 11.3 Å². The lowest BCUT2D eigenvalue weighted by Crippen LogP contribution is -2.49. The average molecular weight is 306 g/mol. The highest BCUT2D eigenvalue weighted by Gasteiger charge is 2.32. The molecule has 0 radical (unpaired) electrons. The number of alkyl halides is 3. The van der Waals surface area contributed by atoms with Gasteiger partial charge in [-0.3, -0.25) is 4.90 Å². The quantitative estimate of drug-likeness (QED) is 0.729. The molecule has 21 heavy (non-hydrogen) atoms. The molecule has 4 nitrogen and oxygen atoms in total. The largest absolute Gasteiger partial charge is 0.401 e. The number of nitriles is 1. The van der Waals surface area contributed by atoms with Gasteiger partial charge < -0.3 is 10.2 Å². The van der Waals surface area contributed by atoms with Gasteiger partial charge in [0, 0.05) is 26.2 Å². The lowest BCUT2D eigenvalue weighted by molar-refractivity contribution is -0.149. The van der Waals surface area contributed by atoms with E-state index in [9.17, 15) is 13.2 Å². The maximum atomic E-state index is 12.3. The second kappa shape index (κ2) is 7.97. The van der Waals surface area contributed by atoms with E-state index in [-0.39, 0.29) is 0 Å². The van der Waals surface area contributed by atoms with Gasteiger partial charge in [0.15, 0.2) is 0 Å². The van der Waals surface area contributed by atoms with Gasteiger partial charge in [-0.2, -0.15) is 18.4 Å². The van der Waals surface area contributed by atoms with Crippen LogP contribution in [0.2, 0.25) is 0 Å². The van der Waals surface area contributed by atoms with E-state index in [0.29, 0.717) is 26.2 Å². The van der Waals surface area contributed by atoms with Crippen LogP contribution >= 0.6 is 0 Å². The van der Waals surface area contributed by atoms with E-state index in [0.717, 1.165) is 25.8 Å². The van der Waals surface area contributed by atoms with Crippen LogP contribution in [0.1, 0.15) is 26.2 Å². The monoisotopic (exact) mass is 306 g/mol. The van der Waals surface area contributed by atoms with Crippen LogP contribution in [0.4, 0.5) is 13.2 Å². The third kappa shape index (κ3) is 7.11. The van der Waals surface area contributed by atoms with Crippen LogP contribution in [-0.4, -0.2) is 67.8 Å². The number of rotatable bonds is 7. The van der Waals surface area contributed by atoms with Crippen LogP contribution < -0.4 is 5.32 Å². The van der Waals surface area contributed by atoms with E-state index < -0.39 is 18.3 Å². The predicted molar refractivity (Wildman–Crippen MR) is 75.9 cm³/mol. The fourth-order valence-corrected chi connectivity index (χ4v) is 2.48. The lowest BCUT2D eigenvalue weighted by atomic mass is 9.97. The Balaban J connectivity index is 2.15. The molecule has 122 valence electrons. The Bertz CT molecular complexity index is 345. The van der Waals surface area contributed by atoms with E-state index >= 15 is 0 Å². The van der Waals surface area contributed by atoms with Crippen LogP contribution in [0.5, 0.6) is 0 Å². The summed E-state index contributed by atoms with van der Waals surface area (Å²) in [7, 11) is 1.78. The Morgan fingerprint density at radius 2 is 1.67 bits per heavy atom. The first-order chi connectivity index (χ1) is 9.78. The zero-order chi connectivity index (χ0) is 15.9. The molecule has 0 aromatic heterocycles.